The Bertz CT molecular complexity index is 170. The lowest BCUT2D eigenvalue weighted by atomic mass is 10.4. The van der Waals surface area contributed by atoms with Crippen molar-refractivity contribution in [3.63, 3.8) is 0 Å². The van der Waals surface area contributed by atoms with Crippen LogP contribution in [0.15, 0.2) is 12.3 Å². The summed E-state index contributed by atoms with van der Waals surface area (Å²) in [4.78, 5) is 12.8. The highest BCUT2D eigenvalue weighted by atomic mass is 16.1. The summed E-state index contributed by atoms with van der Waals surface area (Å²) in [5.41, 5.74) is 0. The van der Waals surface area contributed by atoms with E-state index in [2.05, 4.69) is 4.90 Å². The van der Waals surface area contributed by atoms with Crippen LogP contribution in [-0.2, 0) is 4.79 Å². The van der Waals surface area contributed by atoms with Crippen LogP contribution in [0, 0.1) is 0 Å². The summed E-state index contributed by atoms with van der Waals surface area (Å²) >= 11 is 0. The third-order valence-corrected chi connectivity index (χ3v) is 1.81. The Morgan fingerprint density at radius 2 is 2.33 bits per heavy atom. The first-order valence-electron chi connectivity index (χ1n) is 3.33. The van der Waals surface area contributed by atoms with Crippen LogP contribution in [0.2, 0.25) is 0 Å². The first-order valence-corrected chi connectivity index (χ1v) is 3.33. The van der Waals surface area contributed by atoms with Crippen molar-refractivity contribution >= 4 is 5.78 Å². The monoisotopic (exact) mass is 123 g/mol. The largest absolute Gasteiger partial charge is 0.367 e. The highest BCUT2D eigenvalue weighted by molar-refractivity contribution is 5.93. The maximum Gasteiger partial charge on any atom is 0.176 e. The SMILES string of the molecule is O=C1C=CN(C2CC2)C1. The van der Waals surface area contributed by atoms with Gasteiger partial charge in [-0.15, -0.1) is 0 Å². The van der Waals surface area contributed by atoms with Crippen molar-refractivity contribution in [2.75, 3.05) is 6.54 Å². The van der Waals surface area contributed by atoms with Gasteiger partial charge in [-0.1, -0.05) is 0 Å². The van der Waals surface area contributed by atoms with Gasteiger partial charge in [0.15, 0.2) is 5.78 Å². The minimum absolute atomic E-state index is 0.252. The second kappa shape index (κ2) is 1.59. The summed E-state index contributed by atoms with van der Waals surface area (Å²) in [5, 5.41) is 0. The normalized spacial score (nSPS) is 25.8. The average molecular weight is 123 g/mol. The van der Waals surface area contributed by atoms with Gasteiger partial charge in [0, 0.05) is 12.2 Å². The highest BCUT2D eigenvalue weighted by Gasteiger charge is 2.29. The summed E-state index contributed by atoms with van der Waals surface area (Å²) in [6.07, 6.45) is 6.13. The van der Waals surface area contributed by atoms with Gasteiger partial charge in [-0.25, -0.2) is 0 Å². The number of carbonyl (C=O) groups excluding carboxylic acids is 1. The average Bonchev–Trinajstić information content (AvgIpc) is 2.58. The molecule has 0 aromatic rings. The van der Waals surface area contributed by atoms with Crippen LogP contribution in [0.4, 0.5) is 0 Å². The Morgan fingerprint density at radius 3 is 2.78 bits per heavy atom. The Labute approximate surface area is 54.1 Å². The molecule has 0 aromatic heterocycles. The number of hydrogen-bond donors (Lipinski definition) is 0. The lowest BCUT2D eigenvalue weighted by Crippen LogP contribution is -2.19. The van der Waals surface area contributed by atoms with Crippen LogP contribution in [0.25, 0.3) is 0 Å². The van der Waals surface area contributed by atoms with Crippen molar-refractivity contribution in [1.29, 1.82) is 0 Å². The molecule has 0 aromatic carbocycles. The molecule has 2 rings (SSSR count). The fourth-order valence-electron chi connectivity index (χ4n) is 1.12. The van der Waals surface area contributed by atoms with Crippen molar-refractivity contribution in [2.24, 2.45) is 0 Å². The number of hydrogen-bond acceptors (Lipinski definition) is 2. The van der Waals surface area contributed by atoms with E-state index in [0.717, 1.165) is 0 Å². The maximum atomic E-state index is 10.7. The van der Waals surface area contributed by atoms with Gasteiger partial charge in [-0.05, 0) is 18.9 Å². The highest BCUT2D eigenvalue weighted by Crippen LogP contribution is 2.28. The van der Waals surface area contributed by atoms with Gasteiger partial charge in [0.25, 0.3) is 0 Å². The number of ketones is 1. The summed E-state index contributed by atoms with van der Waals surface area (Å²) in [6, 6.07) is 0.702. The van der Waals surface area contributed by atoms with E-state index in [4.69, 9.17) is 0 Å². The zero-order valence-corrected chi connectivity index (χ0v) is 5.21. The summed E-state index contributed by atoms with van der Waals surface area (Å²) in [7, 11) is 0. The summed E-state index contributed by atoms with van der Waals surface area (Å²) in [6.45, 7) is 0.630. The molecular weight excluding hydrogens is 114 g/mol. The molecule has 0 saturated heterocycles. The van der Waals surface area contributed by atoms with Crippen molar-refractivity contribution in [2.45, 2.75) is 18.9 Å². The molecule has 2 nitrogen and oxygen atoms in total. The molecule has 1 saturated carbocycles. The minimum atomic E-state index is 0.252. The molecular formula is C7H9NO. The Hall–Kier alpha value is -0.790. The third kappa shape index (κ3) is 0.846. The lowest BCUT2D eigenvalue weighted by Gasteiger charge is -2.11. The minimum Gasteiger partial charge on any atom is -0.367 e. The van der Waals surface area contributed by atoms with Gasteiger partial charge in [0.2, 0.25) is 0 Å². The van der Waals surface area contributed by atoms with Gasteiger partial charge < -0.3 is 4.90 Å². The zero-order valence-electron chi connectivity index (χ0n) is 5.21. The standard InChI is InChI=1S/C7H9NO/c9-7-3-4-8(5-7)6-1-2-6/h3-4,6H,1-2,5H2. The molecule has 0 spiro atoms. The van der Waals surface area contributed by atoms with E-state index in [-0.39, 0.29) is 5.78 Å². The second-order valence-corrected chi connectivity index (χ2v) is 2.69. The van der Waals surface area contributed by atoms with Gasteiger partial charge in [0.05, 0.1) is 6.54 Å². The Kier molecular flexibility index (Phi) is 0.891. The quantitative estimate of drug-likeness (QED) is 0.507. The van der Waals surface area contributed by atoms with Crippen molar-refractivity contribution in [1.82, 2.24) is 4.90 Å². The van der Waals surface area contributed by atoms with E-state index >= 15 is 0 Å². The molecule has 1 aliphatic carbocycles. The lowest BCUT2D eigenvalue weighted by molar-refractivity contribution is -0.114. The molecule has 0 radical (unpaired) electrons. The molecule has 0 atom stereocenters. The molecule has 48 valence electrons. The van der Waals surface area contributed by atoms with Crippen molar-refractivity contribution in [3.05, 3.63) is 12.3 Å². The molecule has 9 heavy (non-hydrogen) atoms. The van der Waals surface area contributed by atoms with E-state index in [9.17, 15) is 4.79 Å². The van der Waals surface area contributed by atoms with E-state index in [1.807, 2.05) is 6.20 Å². The molecule has 1 heterocycles. The van der Waals surface area contributed by atoms with Crippen LogP contribution in [-0.4, -0.2) is 23.3 Å². The molecule has 0 N–H and O–H groups in total. The Morgan fingerprint density at radius 1 is 1.56 bits per heavy atom. The third-order valence-electron chi connectivity index (χ3n) is 1.81. The number of carbonyl (C=O) groups is 1. The number of rotatable bonds is 1. The van der Waals surface area contributed by atoms with E-state index in [0.29, 0.717) is 12.6 Å². The van der Waals surface area contributed by atoms with E-state index < -0.39 is 0 Å². The molecule has 1 aliphatic heterocycles. The molecule has 2 heteroatoms. The van der Waals surface area contributed by atoms with Crippen LogP contribution in [0.1, 0.15) is 12.8 Å². The molecule has 2 aliphatic rings. The van der Waals surface area contributed by atoms with E-state index in [1.54, 1.807) is 6.08 Å². The smallest absolute Gasteiger partial charge is 0.176 e. The van der Waals surface area contributed by atoms with Gasteiger partial charge >= 0.3 is 0 Å². The fraction of sp³-hybridized carbons (Fsp3) is 0.571. The van der Waals surface area contributed by atoms with Gasteiger partial charge in [-0.2, -0.15) is 0 Å². The van der Waals surface area contributed by atoms with Crippen LogP contribution >= 0.6 is 0 Å². The predicted octanol–water partition coefficient (Wildman–Crippen LogP) is 0.547. The fourth-order valence-corrected chi connectivity index (χ4v) is 1.12. The van der Waals surface area contributed by atoms with E-state index in [1.165, 1.54) is 12.8 Å². The molecule has 0 bridgehead atoms. The summed E-state index contributed by atoms with van der Waals surface area (Å²) < 4.78 is 0. The molecule has 0 unspecified atom stereocenters. The van der Waals surface area contributed by atoms with Gasteiger partial charge in [0.1, 0.15) is 0 Å². The molecule has 0 amide bonds. The Balaban J connectivity index is 2.01. The van der Waals surface area contributed by atoms with Crippen molar-refractivity contribution in [3.8, 4) is 0 Å². The maximum absolute atomic E-state index is 10.7. The first-order chi connectivity index (χ1) is 4.36. The van der Waals surface area contributed by atoms with Crippen LogP contribution < -0.4 is 0 Å². The van der Waals surface area contributed by atoms with Crippen molar-refractivity contribution < 1.29 is 4.79 Å². The van der Waals surface area contributed by atoms with Crippen LogP contribution in [0.3, 0.4) is 0 Å². The van der Waals surface area contributed by atoms with Crippen LogP contribution in [0.5, 0.6) is 0 Å². The predicted molar refractivity (Wildman–Crippen MR) is 33.9 cm³/mol. The summed E-state index contributed by atoms with van der Waals surface area (Å²) in [5.74, 6) is 0.252. The zero-order chi connectivity index (χ0) is 6.27. The number of nitrogens with zero attached hydrogens (tertiary/aromatic N) is 1. The van der Waals surface area contributed by atoms with Gasteiger partial charge in [-0.3, -0.25) is 4.79 Å². The second-order valence-electron chi connectivity index (χ2n) is 2.69. The topological polar surface area (TPSA) is 20.3 Å². The first kappa shape index (κ1) is 5.03. The molecule has 1 fully saturated rings.